The number of hydrogen-bond acceptors (Lipinski definition) is 2. The van der Waals surface area contributed by atoms with E-state index in [9.17, 15) is 4.79 Å². The molecule has 0 unspecified atom stereocenters. The largest absolute Gasteiger partial charge is 0.294 e. The normalized spacial score (nSPS) is 10.7. The first kappa shape index (κ1) is 13.5. The Kier molecular flexibility index (Phi) is 3.78. The molecule has 0 amide bonds. The maximum absolute atomic E-state index is 12.5. The molecule has 0 saturated carbocycles. The quantitative estimate of drug-likeness (QED) is 0.662. The van der Waals surface area contributed by atoms with Crippen LogP contribution >= 0.6 is 0 Å². The van der Waals surface area contributed by atoms with Gasteiger partial charge in [-0.25, -0.2) is 0 Å². The Morgan fingerprint density at radius 1 is 1.05 bits per heavy atom. The third-order valence-corrected chi connectivity index (χ3v) is 3.86. The van der Waals surface area contributed by atoms with Crippen LogP contribution in [0.2, 0.25) is 0 Å². The van der Waals surface area contributed by atoms with Gasteiger partial charge in [-0.3, -0.25) is 9.78 Å². The lowest BCUT2D eigenvalue weighted by atomic mass is 9.97. The predicted molar refractivity (Wildman–Crippen MR) is 85.6 cm³/mol. The van der Waals surface area contributed by atoms with Gasteiger partial charge in [-0.2, -0.15) is 0 Å². The van der Waals surface area contributed by atoms with E-state index in [2.05, 4.69) is 24.0 Å². The van der Waals surface area contributed by atoms with E-state index in [1.54, 1.807) is 12.4 Å². The number of benzene rings is 2. The summed E-state index contributed by atoms with van der Waals surface area (Å²) in [6.45, 7) is 2.09. The minimum absolute atomic E-state index is 0.190. The predicted octanol–water partition coefficient (Wildman–Crippen LogP) is 4.36. The van der Waals surface area contributed by atoms with Gasteiger partial charge in [0, 0.05) is 29.8 Å². The highest BCUT2D eigenvalue weighted by Crippen LogP contribution is 2.20. The number of pyridine rings is 1. The van der Waals surface area contributed by atoms with Crippen molar-refractivity contribution >= 4 is 16.6 Å². The first-order chi connectivity index (χ1) is 10.3. The highest BCUT2D eigenvalue weighted by atomic mass is 16.1. The number of rotatable bonds is 4. The van der Waals surface area contributed by atoms with E-state index in [-0.39, 0.29) is 5.78 Å². The maximum Gasteiger partial charge on any atom is 0.163 e. The van der Waals surface area contributed by atoms with Crippen LogP contribution in [0, 0.1) is 6.92 Å². The molecule has 1 aromatic heterocycles. The van der Waals surface area contributed by atoms with Gasteiger partial charge in [0.1, 0.15) is 0 Å². The van der Waals surface area contributed by atoms with Crippen LogP contribution in [0.25, 0.3) is 10.8 Å². The van der Waals surface area contributed by atoms with Gasteiger partial charge in [0.05, 0.1) is 0 Å². The van der Waals surface area contributed by atoms with Crippen molar-refractivity contribution in [1.29, 1.82) is 0 Å². The van der Waals surface area contributed by atoms with Crippen LogP contribution < -0.4 is 0 Å². The molecule has 1 heterocycles. The summed E-state index contributed by atoms with van der Waals surface area (Å²) in [6, 6.07) is 16.0. The van der Waals surface area contributed by atoms with Crippen LogP contribution in [0.15, 0.2) is 60.9 Å². The molecule has 2 aromatic carbocycles. The summed E-state index contributed by atoms with van der Waals surface area (Å²) in [7, 11) is 0. The van der Waals surface area contributed by atoms with Gasteiger partial charge < -0.3 is 0 Å². The smallest absolute Gasteiger partial charge is 0.163 e. The second kappa shape index (κ2) is 5.88. The lowest BCUT2D eigenvalue weighted by molar-refractivity contribution is 0.0984. The molecule has 0 saturated heterocycles. The minimum Gasteiger partial charge on any atom is -0.294 e. The van der Waals surface area contributed by atoms with Crippen LogP contribution in [-0.2, 0) is 6.42 Å². The summed E-state index contributed by atoms with van der Waals surface area (Å²) >= 11 is 0. The van der Waals surface area contributed by atoms with E-state index < -0.39 is 0 Å². The fraction of sp³-hybridized carbons (Fsp3) is 0.158. The van der Waals surface area contributed by atoms with Crippen LogP contribution in [0.4, 0.5) is 0 Å². The highest BCUT2D eigenvalue weighted by molar-refractivity contribution is 6.07. The number of hydrogen-bond donors (Lipinski definition) is 0. The first-order valence-corrected chi connectivity index (χ1v) is 7.16. The number of carbonyl (C=O) groups excluding carboxylic acids is 1. The standard InChI is InChI=1S/C19H17NO/c1-14-5-2-3-6-15(14)9-10-19(21)18-8-4-7-16-13-20-12-11-17(16)18/h2-8,11-13H,9-10H2,1H3. The molecule has 0 spiro atoms. The maximum atomic E-state index is 12.5. The van der Waals surface area contributed by atoms with E-state index >= 15 is 0 Å². The van der Waals surface area contributed by atoms with Crippen molar-refractivity contribution in [3.63, 3.8) is 0 Å². The van der Waals surface area contributed by atoms with E-state index in [1.165, 1.54) is 11.1 Å². The number of ketones is 1. The number of carbonyl (C=O) groups is 1. The third-order valence-electron chi connectivity index (χ3n) is 3.86. The Morgan fingerprint density at radius 3 is 2.76 bits per heavy atom. The third kappa shape index (κ3) is 2.84. The molecule has 21 heavy (non-hydrogen) atoms. The van der Waals surface area contributed by atoms with E-state index in [0.717, 1.165) is 22.8 Å². The van der Waals surface area contributed by atoms with Crippen LogP contribution in [0.5, 0.6) is 0 Å². The lowest BCUT2D eigenvalue weighted by Gasteiger charge is -2.07. The summed E-state index contributed by atoms with van der Waals surface area (Å²) in [5.74, 6) is 0.190. The topological polar surface area (TPSA) is 30.0 Å². The Balaban J connectivity index is 1.83. The number of nitrogens with zero attached hydrogens (tertiary/aromatic N) is 1. The second-order valence-corrected chi connectivity index (χ2v) is 5.25. The highest BCUT2D eigenvalue weighted by Gasteiger charge is 2.10. The average molecular weight is 275 g/mol. The molecule has 3 aromatic rings. The summed E-state index contributed by atoms with van der Waals surface area (Å²) in [5.41, 5.74) is 3.28. The SMILES string of the molecule is Cc1ccccc1CCC(=O)c1cccc2cnccc12. The molecule has 0 bridgehead atoms. The second-order valence-electron chi connectivity index (χ2n) is 5.25. The zero-order chi connectivity index (χ0) is 14.7. The van der Waals surface area contributed by atoms with Gasteiger partial charge in [0.25, 0.3) is 0 Å². The molecule has 2 heteroatoms. The number of aromatic nitrogens is 1. The van der Waals surface area contributed by atoms with E-state index in [0.29, 0.717) is 6.42 Å². The minimum atomic E-state index is 0.190. The monoisotopic (exact) mass is 275 g/mol. The average Bonchev–Trinajstić information content (AvgIpc) is 2.53. The number of Topliss-reactive ketones (excluding diaryl/α,β-unsaturated/α-hetero) is 1. The van der Waals surface area contributed by atoms with Crippen molar-refractivity contribution in [2.45, 2.75) is 19.8 Å². The molecule has 0 atom stereocenters. The molecular weight excluding hydrogens is 258 g/mol. The Labute approximate surface area is 124 Å². The summed E-state index contributed by atoms with van der Waals surface area (Å²) < 4.78 is 0. The van der Waals surface area contributed by atoms with Gasteiger partial charge in [-0.05, 0) is 35.9 Å². The Hall–Kier alpha value is -2.48. The van der Waals surface area contributed by atoms with Crippen molar-refractivity contribution in [1.82, 2.24) is 4.98 Å². The molecule has 0 aliphatic heterocycles. The van der Waals surface area contributed by atoms with Crippen molar-refractivity contribution in [3.8, 4) is 0 Å². The Bertz CT molecular complexity index is 787. The van der Waals surface area contributed by atoms with Crippen LogP contribution in [0.1, 0.15) is 27.9 Å². The van der Waals surface area contributed by atoms with Crippen molar-refractivity contribution in [2.75, 3.05) is 0 Å². The van der Waals surface area contributed by atoms with Crippen molar-refractivity contribution in [2.24, 2.45) is 0 Å². The van der Waals surface area contributed by atoms with Gasteiger partial charge in [0.15, 0.2) is 5.78 Å². The van der Waals surface area contributed by atoms with E-state index in [1.807, 2.05) is 36.4 Å². The van der Waals surface area contributed by atoms with Crippen molar-refractivity contribution in [3.05, 3.63) is 77.6 Å². The lowest BCUT2D eigenvalue weighted by Crippen LogP contribution is -2.03. The molecule has 3 rings (SSSR count). The zero-order valence-electron chi connectivity index (χ0n) is 12.0. The molecule has 2 nitrogen and oxygen atoms in total. The van der Waals surface area contributed by atoms with Crippen molar-refractivity contribution < 1.29 is 4.79 Å². The zero-order valence-corrected chi connectivity index (χ0v) is 12.0. The fourth-order valence-corrected chi connectivity index (χ4v) is 2.64. The van der Waals surface area contributed by atoms with Gasteiger partial charge in [-0.1, -0.05) is 42.5 Å². The van der Waals surface area contributed by atoms with Gasteiger partial charge in [-0.15, -0.1) is 0 Å². The molecular formula is C19H17NO. The summed E-state index contributed by atoms with van der Waals surface area (Å²) in [6.07, 6.45) is 4.85. The van der Waals surface area contributed by atoms with Gasteiger partial charge >= 0.3 is 0 Å². The summed E-state index contributed by atoms with van der Waals surface area (Å²) in [4.78, 5) is 16.6. The molecule has 0 aliphatic carbocycles. The molecule has 104 valence electrons. The summed E-state index contributed by atoms with van der Waals surface area (Å²) in [5, 5.41) is 2.00. The molecule has 0 N–H and O–H groups in total. The molecule has 0 fully saturated rings. The fourth-order valence-electron chi connectivity index (χ4n) is 2.64. The number of fused-ring (bicyclic) bond motifs is 1. The molecule has 0 aliphatic rings. The van der Waals surface area contributed by atoms with E-state index in [4.69, 9.17) is 0 Å². The number of aryl methyl sites for hydroxylation is 2. The van der Waals surface area contributed by atoms with Gasteiger partial charge in [0.2, 0.25) is 0 Å². The first-order valence-electron chi connectivity index (χ1n) is 7.16. The van der Waals surface area contributed by atoms with Crippen LogP contribution in [0.3, 0.4) is 0 Å². The Morgan fingerprint density at radius 2 is 1.90 bits per heavy atom. The van der Waals surface area contributed by atoms with Crippen LogP contribution in [-0.4, -0.2) is 10.8 Å². The molecule has 0 radical (unpaired) electrons.